The fourth-order valence-corrected chi connectivity index (χ4v) is 4.39. The van der Waals surface area contributed by atoms with Crippen LogP contribution in [-0.4, -0.2) is 91.8 Å². The molecule has 2 unspecified atom stereocenters. The molecule has 5 amide bonds. The number of ether oxygens (including phenoxy) is 2. The lowest BCUT2D eigenvalue weighted by Gasteiger charge is -2.18. The Morgan fingerprint density at radius 3 is 1.85 bits per heavy atom. The van der Waals surface area contributed by atoms with Crippen LogP contribution >= 0.6 is 0 Å². The Hall–Kier alpha value is -2.53. The van der Waals surface area contributed by atoms with E-state index in [4.69, 9.17) is 24.9 Å². The van der Waals surface area contributed by atoms with Gasteiger partial charge in [-0.2, -0.15) is 0 Å². The molecule has 2 rings (SSSR count). The van der Waals surface area contributed by atoms with Crippen LogP contribution in [0.15, 0.2) is 0 Å². The summed E-state index contributed by atoms with van der Waals surface area (Å²) in [6.45, 7) is 5.29. The SMILES string of the molecule is CC1CC(=O)N(CCCCOCONN[C@@H](CCCCN)C(=O)NOCOCCCCN2C(=O)CC(C)C2=O)C1=O. The Bertz CT molecular complexity index is 861. The Kier molecular flexibility index (Phi) is 16.5. The van der Waals surface area contributed by atoms with Gasteiger partial charge in [-0.15, -0.1) is 5.59 Å². The van der Waals surface area contributed by atoms with E-state index >= 15 is 0 Å². The molecule has 41 heavy (non-hydrogen) atoms. The van der Waals surface area contributed by atoms with Crippen molar-refractivity contribution in [3.63, 3.8) is 0 Å². The standard InChI is InChI=1S/C26H46N6O9/c1-19-15-22(33)31(25(19)36)11-5-7-13-38-17-40-29-24(35)21(9-3-4-10-27)28-30-41-18-39-14-8-6-12-32-23(34)16-20(2)26(32)37/h19-21,28,30H,3-18,27H2,1-2H3,(H,29,35)/t19?,20?,21-/m0/s1. The van der Waals surface area contributed by atoms with Crippen molar-refractivity contribution in [3.05, 3.63) is 0 Å². The summed E-state index contributed by atoms with van der Waals surface area (Å²) in [5.74, 6) is -1.40. The quantitative estimate of drug-likeness (QED) is 0.0537. The highest BCUT2D eigenvalue weighted by atomic mass is 16.8. The van der Waals surface area contributed by atoms with E-state index in [1.165, 1.54) is 9.80 Å². The number of hydroxylamine groups is 1. The summed E-state index contributed by atoms with van der Waals surface area (Å²) < 4.78 is 10.7. The van der Waals surface area contributed by atoms with Crippen molar-refractivity contribution in [2.45, 2.75) is 77.7 Å². The van der Waals surface area contributed by atoms with Crippen LogP contribution in [0.4, 0.5) is 0 Å². The lowest BCUT2D eigenvalue weighted by molar-refractivity contribution is -0.154. The molecule has 0 aromatic carbocycles. The Morgan fingerprint density at radius 2 is 1.37 bits per heavy atom. The molecular formula is C26H46N6O9. The first-order valence-electron chi connectivity index (χ1n) is 14.3. The first-order valence-corrected chi connectivity index (χ1v) is 14.3. The molecule has 0 aliphatic carbocycles. The van der Waals surface area contributed by atoms with Crippen molar-refractivity contribution in [1.82, 2.24) is 26.3 Å². The second-order valence-electron chi connectivity index (χ2n) is 10.3. The van der Waals surface area contributed by atoms with Gasteiger partial charge in [0.1, 0.15) is 6.04 Å². The number of nitrogens with two attached hydrogens (primary N) is 1. The number of likely N-dealkylation sites (tertiary alicyclic amines) is 2. The molecule has 2 saturated heterocycles. The van der Waals surface area contributed by atoms with Gasteiger partial charge in [-0.25, -0.2) is 15.7 Å². The van der Waals surface area contributed by atoms with Gasteiger partial charge >= 0.3 is 0 Å². The van der Waals surface area contributed by atoms with Crippen LogP contribution in [0.3, 0.4) is 0 Å². The molecule has 5 N–H and O–H groups in total. The minimum Gasteiger partial charge on any atom is -0.353 e. The molecule has 2 aliphatic rings. The summed E-state index contributed by atoms with van der Waals surface area (Å²) in [7, 11) is 0. The number of nitrogens with zero attached hydrogens (tertiary/aromatic N) is 2. The molecule has 2 heterocycles. The van der Waals surface area contributed by atoms with E-state index in [-0.39, 0.29) is 61.9 Å². The largest absolute Gasteiger partial charge is 0.353 e. The molecule has 0 saturated carbocycles. The zero-order valence-corrected chi connectivity index (χ0v) is 24.2. The first kappa shape index (κ1) is 34.7. The topological polar surface area (TPSA) is 191 Å². The zero-order valence-electron chi connectivity index (χ0n) is 24.2. The van der Waals surface area contributed by atoms with E-state index in [0.29, 0.717) is 71.4 Å². The number of imide groups is 2. The van der Waals surface area contributed by atoms with Crippen LogP contribution in [0.5, 0.6) is 0 Å². The van der Waals surface area contributed by atoms with Crippen LogP contribution in [0.2, 0.25) is 0 Å². The first-order chi connectivity index (χ1) is 19.8. The molecule has 0 radical (unpaired) electrons. The van der Waals surface area contributed by atoms with Crippen LogP contribution < -0.4 is 22.2 Å². The van der Waals surface area contributed by atoms with E-state index in [2.05, 4.69) is 16.5 Å². The third-order valence-electron chi connectivity index (χ3n) is 6.81. The third-order valence-corrected chi connectivity index (χ3v) is 6.81. The number of hydrogen-bond donors (Lipinski definition) is 4. The van der Waals surface area contributed by atoms with E-state index in [0.717, 1.165) is 6.42 Å². The fraction of sp³-hybridized carbons (Fsp3) is 0.808. The molecular weight excluding hydrogens is 540 g/mol. The smallest absolute Gasteiger partial charge is 0.262 e. The molecule has 15 heteroatoms. The normalized spacial score (nSPS) is 20.0. The van der Waals surface area contributed by atoms with E-state index < -0.39 is 11.9 Å². The Morgan fingerprint density at radius 1 is 0.829 bits per heavy atom. The highest BCUT2D eigenvalue weighted by molar-refractivity contribution is 6.03. The van der Waals surface area contributed by atoms with Crippen LogP contribution in [0, 0.1) is 11.8 Å². The maximum Gasteiger partial charge on any atom is 0.262 e. The Labute approximate surface area is 241 Å². The zero-order chi connectivity index (χ0) is 30.0. The van der Waals surface area contributed by atoms with Gasteiger partial charge in [-0.1, -0.05) is 20.3 Å². The van der Waals surface area contributed by atoms with Crippen molar-refractivity contribution in [1.29, 1.82) is 0 Å². The molecule has 3 atom stereocenters. The third kappa shape index (κ3) is 12.5. The minimum atomic E-state index is -0.669. The van der Waals surface area contributed by atoms with Gasteiger partial charge in [-0.3, -0.25) is 38.6 Å². The van der Waals surface area contributed by atoms with Gasteiger partial charge in [0.25, 0.3) is 5.91 Å². The molecule has 0 bridgehead atoms. The summed E-state index contributed by atoms with van der Waals surface area (Å²) in [4.78, 5) is 72.7. The van der Waals surface area contributed by atoms with Gasteiger partial charge in [0, 0.05) is 51.0 Å². The van der Waals surface area contributed by atoms with Gasteiger partial charge in [0.05, 0.1) is 0 Å². The lowest BCUT2D eigenvalue weighted by Crippen LogP contribution is -2.50. The molecule has 2 aliphatic heterocycles. The van der Waals surface area contributed by atoms with Crippen molar-refractivity contribution in [2.24, 2.45) is 17.6 Å². The number of amides is 5. The predicted molar refractivity (Wildman–Crippen MR) is 144 cm³/mol. The van der Waals surface area contributed by atoms with Gasteiger partial charge in [0.2, 0.25) is 23.6 Å². The molecule has 15 nitrogen and oxygen atoms in total. The second-order valence-corrected chi connectivity index (χ2v) is 10.3. The number of hydrogen-bond acceptors (Lipinski definition) is 12. The van der Waals surface area contributed by atoms with Crippen LogP contribution in [-0.2, 0) is 43.1 Å². The highest BCUT2D eigenvalue weighted by Crippen LogP contribution is 2.20. The summed E-state index contributed by atoms with van der Waals surface area (Å²) >= 11 is 0. The number of nitrogens with one attached hydrogen (secondary N) is 3. The number of unbranched alkanes of at least 4 members (excludes halogenated alkanes) is 3. The summed E-state index contributed by atoms with van der Waals surface area (Å²) in [6.07, 6.45) is 5.04. The maximum absolute atomic E-state index is 12.5. The minimum absolute atomic E-state index is 0.0772. The number of carbonyl (C=O) groups excluding carboxylic acids is 5. The van der Waals surface area contributed by atoms with Crippen LogP contribution in [0.25, 0.3) is 0 Å². The summed E-state index contributed by atoms with van der Waals surface area (Å²) in [5, 5.41) is 0. The van der Waals surface area contributed by atoms with E-state index in [1.807, 2.05) is 0 Å². The van der Waals surface area contributed by atoms with Gasteiger partial charge in [0.15, 0.2) is 13.6 Å². The summed E-state index contributed by atoms with van der Waals surface area (Å²) in [6, 6.07) is -0.669. The number of hydrazine groups is 1. The average Bonchev–Trinajstić information content (AvgIpc) is 3.33. The van der Waals surface area contributed by atoms with Gasteiger partial charge in [-0.05, 0) is 45.1 Å². The molecule has 2 fully saturated rings. The van der Waals surface area contributed by atoms with Crippen LogP contribution in [0.1, 0.15) is 71.6 Å². The molecule has 0 spiro atoms. The van der Waals surface area contributed by atoms with E-state index in [1.54, 1.807) is 13.8 Å². The highest BCUT2D eigenvalue weighted by Gasteiger charge is 2.35. The fourth-order valence-electron chi connectivity index (χ4n) is 4.39. The molecule has 234 valence electrons. The van der Waals surface area contributed by atoms with Crippen molar-refractivity contribution < 1.29 is 43.1 Å². The van der Waals surface area contributed by atoms with Gasteiger partial charge < -0.3 is 15.2 Å². The maximum atomic E-state index is 12.5. The van der Waals surface area contributed by atoms with Crippen molar-refractivity contribution >= 4 is 29.5 Å². The van der Waals surface area contributed by atoms with E-state index in [9.17, 15) is 24.0 Å². The summed E-state index contributed by atoms with van der Waals surface area (Å²) in [5.41, 5.74) is 13.2. The average molecular weight is 587 g/mol. The van der Waals surface area contributed by atoms with Crippen molar-refractivity contribution in [2.75, 3.05) is 46.4 Å². The number of carbonyl (C=O) groups is 5. The lowest BCUT2D eigenvalue weighted by atomic mass is 10.1. The molecule has 0 aromatic heterocycles. The monoisotopic (exact) mass is 586 g/mol. The number of rotatable bonds is 23. The molecule has 0 aromatic rings. The van der Waals surface area contributed by atoms with Crippen molar-refractivity contribution in [3.8, 4) is 0 Å². The predicted octanol–water partition coefficient (Wildman–Crippen LogP) is -0.144. The Balaban J connectivity index is 1.50. The second kappa shape index (κ2) is 19.6.